The molecule has 0 spiro atoms. The molecule has 0 radical (unpaired) electrons. The first-order chi connectivity index (χ1) is 15.6. The summed E-state index contributed by atoms with van der Waals surface area (Å²) in [6.45, 7) is 3.38. The van der Waals surface area contributed by atoms with Gasteiger partial charge in [0.1, 0.15) is 11.5 Å². The SMILES string of the molecule is CCn1cc(Cc2cccn(-c3nc(N(C)CC4(P)CCC4)cc(C(F)(F)P)n3)c2=O)cn1. The van der Waals surface area contributed by atoms with Crippen molar-refractivity contribution in [3.05, 3.63) is 64.0 Å². The molecule has 1 saturated carbocycles. The predicted octanol–water partition coefficient (Wildman–Crippen LogP) is 3.59. The molecule has 7 nitrogen and oxygen atoms in total. The van der Waals surface area contributed by atoms with E-state index in [4.69, 9.17) is 0 Å². The van der Waals surface area contributed by atoms with Gasteiger partial charge >= 0.3 is 0 Å². The fourth-order valence-electron chi connectivity index (χ4n) is 3.96. The van der Waals surface area contributed by atoms with Crippen LogP contribution in [0.2, 0.25) is 0 Å². The van der Waals surface area contributed by atoms with Crippen LogP contribution in [0.3, 0.4) is 0 Å². The molecule has 0 saturated heterocycles. The zero-order chi connectivity index (χ0) is 23.8. The monoisotopic (exact) mass is 492 g/mol. The summed E-state index contributed by atoms with van der Waals surface area (Å²) in [5.41, 5.74) is -2.65. The average molecular weight is 492 g/mol. The average Bonchev–Trinajstić information content (AvgIpc) is 3.21. The molecule has 2 unspecified atom stereocenters. The molecule has 1 aliphatic rings. The van der Waals surface area contributed by atoms with E-state index in [2.05, 4.69) is 24.3 Å². The van der Waals surface area contributed by atoms with Crippen LogP contribution in [0.15, 0.2) is 41.6 Å². The molecule has 0 N–H and O–H groups in total. The van der Waals surface area contributed by atoms with E-state index in [9.17, 15) is 13.6 Å². The van der Waals surface area contributed by atoms with Crippen LogP contribution < -0.4 is 10.5 Å². The standard InChI is InChI=1S/C22H28F2N6OP2/c1-3-29-13-15(12-25-29)10-16-6-4-9-30(19(16)31)20-26-17(22(23,24)33)11-18(27-20)28(2)14-21(32)7-5-8-21/h4,6,9,11-13H,3,5,7-8,10,14,32-33H2,1-2H3. The van der Waals surface area contributed by atoms with Gasteiger partial charge in [-0.2, -0.15) is 18.9 Å². The number of rotatable bonds is 8. The van der Waals surface area contributed by atoms with E-state index in [0.717, 1.165) is 31.4 Å². The van der Waals surface area contributed by atoms with Gasteiger partial charge in [-0.25, -0.2) is 4.98 Å². The van der Waals surface area contributed by atoms with Gasteiger partial charge < -0.3 is 4.90 Å². The highest BCUT2D eigenvalue weighted by molar-refractivity contribution is 7.19. The number of nitrogens with zero attached hydrogens (tertiary/aromatic N) is 6. The lowest BCUT2D eigenvalue weighted by Gasteiger charge is -2.41. The van der Waals surface area contributed by atoms with Gasteiger partial charge in [-0.3, -0.25) is 14.0 Å². The zero-order valence-corrected chi connectivity index (χ0v) is 21.0. The molecule has 176 valence electrons. The lowest BCUT2D eigenvalue weighted by Crippen LogP contribution is -2.42. The highest BCUT2D eigenvalue weighted by Gasteiger charge is 2.34. The topological polar surface area (TPSA) is 68.8 Å². The van der Waals surface area contributed by atoms with E-state index in [-0.39, 0.29) is 16.7 Å². The van der Waals surface area contributed by atoms with Crippen molar-refractivity contribution >= 4 is 24.3 Å². The highest BCUT2D eigenvalue weighted by atomic mass is 31.0. The summed E-state index contributed by atoms with van der Waals surface area (Å²) in [7, 11) is 6.22. The Morgan fingerprint density at radius 3 is 2.67 bits per heavy atom. The molecular weight excluding hydrogens is 464 g/mol. The molecule has 0 aromatic carbocycles. The maximum atomic E-state index is 14.3. The summed E-state index contributed by atoms with van der Waals surface area (Å²) >= 11 is 0. The highest BCUT2D eigenvalue weighted by Crippen LogP contribution is 2.41. The number of hydrogen-bond donors (Lipinski definition) is 0. The van der Waals surface area contributed by atoms with Crippen molar-refractivity contribution in [2.45, 2.75) is 50.0 Å². The molecule has 3 aromatic rings. The molecule has 0 bridgehead atoms. The smallest absolute Gasteiger partial charge is 0.300 e. The molecule has 0 amide bonds. The van der Waals surface area contributed by atoms with Crippen molar-refractivity contribution in [3.8, 4) is 5.95 Å². The molecule has 3 aromatic heterocycles. The summed E-state index contributed by atoms with van der Waals surface area (Å²) in [6.07, 6.45) is 8.76. The Labute approximate surface area is 196 Å². The van der Waals surface area contributed by atoms with Crippen molar-refractivity contribution in [1.29, 1.82) is 0 Å². The molecule has 1 aliphatic carbocycles. The molecular formula is C22H28F2N6OP2. The fourth-order valence-corrected chi connectivity index (χ4v) is 4.79. The second-order valence-electron chi connectivity index (χ2n) is 8.70. The minimum Gasteiger partial charge on any atom is -0.359 e. The summed E-state index contributed by atoms with van der Waals surface area (Å²) < 4.78 is 31.5. The predicted molar refractivity (Wildman–Crippen MR) is 132 cm³/mol. The van der Waals surface area contributed by atoms with E-state index in [1.807, 2.05) is 25.1 Å². The minimum atomic E-state index is -3.25. The minimum absolute atomic E-state index is 0.0587. The van der Waals surface area contributed by atoms with E-state index < -0.39 is 11.4 Å². The second-order valence-corrected chi connectivity index (χ2v) is 10.6. The van der Waals surface area contributed by atoms with Gasteiger partial charge in [0.05, 0.1) is 6.20 Å². The van der Waals surface area contributed by atoms with Gasteiger partial charge in [-0.05, 0) is 31.4 Å². The third-order valence-electron chi connectivity index (χ3n) is 5.98. The number of pyridine rings is 1. The Morgan fingerprint density at radius 1 is 1.30 bits per heavy atom. The summed E-state index contributed by atoms with van der Waals surface area (Å²) in [4.78, 5) is 23.6. The van der Waals surface area contributed by atoms with Crippen molar-refractivity contribution in [3.63, 3.8) is 0 Å². The van der Waals surface area contributed by atoms with Gasteiger partial charge in [0, 0.05) is 55.7 Å². The van der Waals surface area contributed by atoms with Crippen LogP contribution in [0.4, 0.5) is 14.6 Å². The van der Waals surface area contributed by atoms with Gasteiger partial charge in [-0.1, -0.05) is 21.7 Å². The number of alkyl halides is 2. The van der Waals surface area contributed by atoms with Crippen LogP contribution in [0, 0.1) is 0 Å². The molecule has 0 aliphatic heterocycles. The Kier molecular flexibility index (Phi) is 6.66. The van der Waals surface area contributed by atoms with Gasteiger partial charge in [0.25, 0.3) is 11.2 Å². The summed E-state index contributed by atoms with van der Waals surface area (Å²) in [6, 6.07) is 4.71. The number of hydrogen-bond acceptors (Lipinski definition) is 5. The Morgan fingerprint density at radius 2 is 2.06 bits per heavy atom. The van der Waals surface area contributed by atoms with Crippen LogP contribution in [0.1, 0.15) is 43.0 Å². The zero-order valence-electron chi connectivity index (χ0n) is 18.7. The van der Waals surface area contributed by atoms with Crippen LogP contribution in [0.25, 0.3) is 5.95 Å². The Hall–Kier alpha value is -2.24. The second kappa shape index (κ2) is 9.19. The van der Waals surface area contributed by atoms with Crippen molar-refractivity contribution < 1.29 is 8.78 Å². The first-order valence-corrected chi connectivity index (χ1v) is 12.0. The molecule has 4 rings (SSSR count). The van der Waals surface area contributed by atoms with Crippen LogP contribution >= 0.6 is 18.5 Å². The van der Waals surface area contributed by atoms with Crippen molar-refractivity contribution in [1.82, 2.24) is 24.3 Å². The number of anilines is 1. The van der Waals surface area contributed by atoms with Gasteiger partial charge in [0.15, 0.2) is 0 Å². The van der Waals surface area contributed by atoms with E-state index in [1.165, 1.54) is 26.1 Å². The molecule has 2 atom stereocenters. The lowest BCUT2D eigenvalue weighted by atomic mass is 9.84. The summed E-state index contributed by atoms with van der Waals surface area (Å²) in [5, 5.41) is 4.30. The van der Waals surface area contributed by atoms with E-state index in [1.54, 1.807) is 23.0 Å². The van der Waals surface area contributed by atoms with Gasteiger partial charge in [-0.15, -0.1) is 9.24 Å². The van der Waals surface area contributed by atoms with Crippen molar-refractivity contribution in [2.24, 2.45) is 0 Å². The first-order valence-electron chi connectivity index (χ1n) is 10.9. The molecule has 1 fully saturated rings. The first kappa shape index (κ1) is 23.9. The Bertz CT molecular complexity index is 1200. The third-order valence-corrected chi connectivity index (χ3v) is 7.04. The molecule has 33 heavy (non-hydrogen) atoms. The van der Waals surface area contributed by atoms with Crippen molar-refractivity contribution in [2.75, 3.05) is 18.5 Å². The number of aromatic nitrogens is 5. The molecule has 3 heterocycles. The maximum Gasteiger partial charge on any atom is 0.300 e. The maximum absolute atomic E-state index is 14.3. The normalized spacial score (nSPS) is 15.3. The lowest BCUT2D eigenvalue weighted by molar-refractivity contribution is 0.0984. The van der Waals surface area contributed by atoms with Crippen LogP contribution in [-0.4, -0.2) is 43.1 Å². The number of halogens is 2. The van der Waals surface area contributed by atoms with Crippen LogP contribution in [-0.2, 0) is 18.6 Å². The third kappa shape index (κ3) is 5.30. The summed E-state index contributed by atoms with van der Waals surface area (Å²) in [5.74, 6) is 0.284. The largest absolute Gasteiger partial charge is 0.359 e. The van der Waals surface area contributed by atoms with Gasteiger partial charge in [0.2, 0.25) is 5.95 Å². The van der Waals surface area contributed by atoms with E-state index in [0.29, 0.717) is 24.3 Å². The molecule has 11 heteroatoms. The fraction of sp³-hybridized carbons (Fsp3) is 0.455. The van der Waals surface area contributed by atoms with Crippen LogP contribution in [0.5, 0.6) is 0 Å². The van der Waals surface area contributed by atoms with E-state index >= 15 is 0 Å². The number of aryl methyl sites for hydroxylation is 1. The Balaban J connectivity index is 1.72. The quantitative estimate of drug-likeness (QED) is 0.450.